The van der Waals surface area contributed by atoms with E-state index in [1.807, 2.05) is 0 Å². The third-order valence-electron chi connectivity index (χ3n) is 1.75. The first-order chi connectivity index (χ1) is 7.89. The molecule has 0 unspecified atom stereocenters. The van der Waals surface area contributed by atoms with Crippen LogP contribution in [0.1, 0.15) is 0 Å². The zero-order chi connectivity index (χ0) is 14.5. The fourth-order valence-corrected chi connectivity index (χ4v) is 7.92. The summed E-state index contributed by atoms with van der Waals surface area (Å²) in [6.45, 7) is 0. The highest BCUT2D eigenvalue weighted by Crippen LogP contribution is 2.44. The van der Waals surface area contributed by atoms with Crippen molar-refractivity contribution >= 4 is 83.8 Å². The fraction of sp³-hybridized carbons (Fsp3) is 0. The van der Waals surface area contributed by atoms with Crippen LogP contribution in [0.5, 0.6) is 0 Å². The molecule has 0 fully saturated rings. The molecule has 18 heavy (non-hydrogen) atoms. The molecule has 0 radical (unpaired) electrons. The smallest absolute Gasteiger partial charge is 0.225 e. The van der Waals surface area contributed by atoms with Gasteiger partial charge < -0.3 is 0 Å². The van der Waals surface area contributed by atoms with Crippen LogP contribution in [0.3, 0.4) is 0 Å². The van der Waals surface area contributed by atoms with Gasteiger partial charge in [0.2, 0.25) is 20.0 Å². The van der Waals surface area contributed by atoms with Crippen molar-refractivity contribution in [2.45, 2.75) is 9.79 Å². The van der Waals surface area contributed by atoms with Gasteiger partial charge in [0, 0.05) is 4.47 Å². The van der Waals surface area contributed by atoms with E-state index in [0.29, 0.717) is 0 Å². The molecule has 0 amide bonds. The summed E-state index contributed by atoms with van der Waals surface area (Å²) in [5.41, 5.74) is 0. The number of sulfonamides is 2. The van der Waals surface area contributed by atoms with Gasteiger partial charge in [-0.05, 0) is 63.7 Å². The first-order valence-electron chi connectivity index (χ1n) is 3.80. The largest absolute Gasteiger partial charge is 0.240 e. The van der Waals surface area contributed by atoms with E-state index >= 15 is 0 Å². The van der Waals surface area contributed by atoms with Gasteiger partial charge >= 0.3 is 0 Å². The van der Waals surface area contributed by atoms with Crippen LogP contribution in [0.15, 0.2) is 27.7 Å². The average Bonchev–Trinajstić information content (AvgIpc) is 2.09. The topological polar surface area (TPSA) is 120 Å². The fourth-order valence-electron chi connectivity index (χ4n) is 1.09. The summed E-state index contributed by atoms with van der Waals surface area (Å²) in [4.78, 5) is -0.830. The lowest BCUT2D eigenvalue weighted by molar-refractivity contribution is 0.593. The molecule has 0 saturated carbocycles. The van der Waals surface area contributed by atoms with E-state index in [0.717, 1.165) is 0 Å². The zero-order valence-corrected chi connectivity index (χ0v) is 16.1. The molecule has 0 bridgehead atoms. The van der Waals surface area contributed by atoms with Crippen LogP contribution in [0.4, 0.5) is 0 Å². The van der Waals surface area contributed by atoms with E-state index in [1.54, 1.807) is 0 Å². The van der Waals surface area contributed by atoms with Crippen LogP contribution in [0, 0.1) is 0 Å². The minimum absolute atomic E-state index is 0.0798. The Hall–Kier alpha value is 0.960. The molecule has 0 aliphatic carbocycles. The minimum atomic E-state index is -4.15. The Labute approximate surface area is 137 Å². The second-order valence-corrected chi connectivity index (χ2v) is 9.17. The zero-order valence-electron chi connectivity index (χ0n) is 8.12. The predicted octanol–water partition coefficient (Wildman–Crippen LogP) is 2.03. The Balaban J connectivity index is 4.09. The average molecular weight is 552 g/mol. The summed E-state index contributed by atoms with van der Waals surface area (Å²) in [7, 11) is -8.30. The van der Waals surface area contributed by atoms with Gasteiger partial charge in [-0.3, -0.25) is 0 Å². The summed E-state index contributed by atoms with van der Waals surface area (Å²) in [5, 5.41) is 10.1. The second-order valence-electron chi connectivity index (χ2n) is 3.00. The summed E-state index contributed by atoms with van der Waals surface area (Å²) < 4.78 is 45.9. The Bertz CT molecular complexity index is 669. The Morgan fingerprint density at radius 3 is 1.11 bits per heavy atom. The summed E-state index contributed by atoms with van der Waals surface area (Å²) in [6.07, 6.45) is 0. The molecule has 6 nitrogen and oxygen atoms in total. The molecule has 1 rings (SSSR count). The van der Waals surface area contributed by atoms with Crippen molar-refractivity contribution < 1.29 is 16.8 Å². The highest BCUT2D eigenvalue weighted by atomic mass is 79.9. The lowest BCUT2D eigenvalue weighted by Gasteiger charge is -2.13. The highest BCUT2D eigenvalue weighted by molar-refractivity contribution is 9.14. The molecule has 102 valence electrons. The maximum absolute atomic E-state index is 11.5. The third-order valence-corrected chi connectivity index (χ3v) is 8.99. The SMILES string of the molecule is NS(=O)(=O)c1c(Br)c(Br)c(Br)c(S(N)(=O)=O)c1Br. The van der Waals surface area contributed by atoms with Crippen LogP contribution in [0.2, 0.25) is 0 Å². The lowest BCUT2D eigenvalue weighted by Crippen LogP contribution is -2.19. The van der Waals surface area contributed by atoms with Gasteiger partial charge in [0.1, 0.15) is 9.79 Å². The van der Waals surface area contributed by atoms with Crippen molar-refractivity contribution in [3.8, 4) is 0 Å². The molecule has 0 aliphatic heterocycles. The van der Waals surface area contributed by atoms with Gasteiger partial charge in [-0.25, -0.2) is 27.1 Å². The molecule has 0 aliphatic rings. The van der Waals surface area contributed by atoms with Crippen molar-refractivity contribution in [2.75, 3.05) is 0 Å². The van der Waals surface area contributed by atoms with Crippen LogP contribution in [-0.4, -0.2) is 16.8 Å². The number of hydrogen-bond donors (Lipinski definition) is 2. The van der Waals surface area contributed by atoms with E-state index in [-0.39, 0.29) is 17.9 Å². The molecule has 0 atom stereocenters. The van der Waals surface area contributed by atoms with E-state index in [2.05, 4.69) is 63.7 Å². The summed E-state index contributed by atoms with van der Waals surface area (Å²) in [6, 6.07) is 0. The third kappa shape index (κ3) is 3.16. The van der Waals surface area contributed by atoms with Gasteiger partial charge in [0.25, 0.3) is 0 Å². The number of rotatable bonds is 2. The van der Waals surface area contributed by atoms with Crippen molar-refractivity contribution in [3.05, 3.63) is 17.9 Å². The van der Waals surface area contributed by atoms with Crippen LogP contribution < -0.4 is 10.3 Å². The maximum Gasteiger partial charge on any atom is 0.240 e. The molecule has 0 saturated heterocycles. The van der Waals surface area contributed by atoms with E-state index in [4.69, 9.17) is 10.3 Å². The molecular formula is C6H4Br4N2O4S2. The van der Waals surface area contributed by atoms with Crippen molar-refractivity contribution in [2.24, 2.45) is 10.3 Å². The molecule has 0 aromatic heterocycles. The van der Waals surface area contributed by atoms with Gasteiger partial charge in [-0.2, -0.15) is 0 Å². The molecule has 12 heteroatoms. The van der Waals surface area contributed by atoms with Gasteiger partial charge in [0.05, 0.1) is 13.4 Å². The second kappa shape index (κ2) is 5.39. The first kappa shape index (κ1) is 17.0. The monoisotopic (exact) mass is 548 g/mol. The molecule has 0 heterocycles. The number of halogens is 4. The Morgan fingerprint density at radius 1 is 0.611 bits per heavy atom. The van der Waals surface area contributed by atoms with Gasteiger partial charge in [0.15, 0.2) is 0 Å². The van der Waals surface area contributed by atoms with Crippen molar-refractivity contribution in [1.82, 2.24) is 0 Å². The van der Waals surface area contributed by atoms with Crippen LogP contribution in [-0.2, 0) is 20.0 Å². The molecule has 4 N–H and O–H groups in total. The van der Waals surface area contributed by atoms with E-state index in [9.17, 15) is 16.8 Å². The van der Waals surface area contributed by atoms with Gasteiger partial charge in [-0.15, -0.1) is 0 Å². The first-order valence-corrected chi connectivity index (χ1v) is 10.1. The molecule has 1 aromatic carbocycles. The highest BCUT2D eigenvalue weighted by Gasteiger charge is 2.30. The van der Waals surface area contributed by atoms with Crippen molar-refractivity contribution in [3.63, 3.8) is 0 Å². The predicted molar refractivity (Wildman–Crippen MR) is 80.0 cm³/mol. The quantitative estimate of drug-likeness (QED) is 0.432. The maximum atomic E-state index is 11.5. The number of benzene rings is 1. The number of primary sulfonamides is 2. The number of nitrogens with two attached hydrogens (primary N) is 2. The van der Waals surface area contributed by atoms with Crippen molar-refractivity contribution in [1.29, 1.82) is 0 Å². The van der Waals surface area contributed by atoms with E-state index in [1.165, 1.54) is 0 Å². The summed E-state index contributed by atoms with van der Waals surface area (Å²) in [5.74, 6) is 0. The normalized spacial score (nSPS) is 12.8. The van der Waals surface area contributed by atoms with Crippen LogP contribution in [0.25, 0.3) is 0 Å². The van der Waals surface area contributed by atoms with Gasteiger partial charge in [-0.1, -0.05) is 0 Å². The Morgan fingerprint density at radius 2 is 0.889 bits per heavy atom. The standard InChI is InChI=1S/C6H4Br4N2O4S2/c7-1-2(8)5(17(11,13)14)4(10)6(3(1)9)18(12,15)16/h(H2,11,13,14)(H2,12,15,16). The summed E-state index contributed by atoms with van der Waals surface area (Å²) >= 11 is 12.0. The van der Waals surface area contributed by atoms with E-state index < -0.39 is 29.8 Å². The van der Waals surface area contributed by atoms with Crippen LogP contribution >= 0.6 is 63.7 Å². The Kier molecular flexibility index (Phi) is 5.09. The molecule has 1 aromatic rings. The lowest BCUT2D eigenvalue weighted by atomic mass is 10.4. The minimum Gasteiger partial charge on any atom is -0.225 e. The number of hydrogen-bond acceptors (Lipinski definition) is 4. The molecule has 0 spiro atoms. The molecular weight excluding hydrogens is 548 g/mol.